The highest BCUT2D eigenvalue weighted by Gasteiger charge is 2.53. The molecule has 0 spiro atoms. The molecule has 1 fully saturated rings. The van der Waals surface area contributed by atoms with Crippen LogP contribution in [0.3, 0.4) is 0 Å². The van der Waals surface area contributed by atoms with E-state index in [2.05, 4.69) is 142 Å². The van der Waals surface area contributed by atoms with Crippen LogP contribution in [0.15, 0.2) is 121 Å². The Labute approximate surface area is 259 Å². The summed E-state index contributed by atoms with van der Waals surface area (Å²) in [6.45, 7) is 15.9. The van der Waals surface area contributed by atoms with Crippen molar-refractivity contribution in [3.63, 3.8) is 0 Å². The molecule has 0 N–H and O–H groups in total. The van der Waals surface area contributed by atoms with Crippen LogP contribution in [-0.4, -0.2) is 18.3 Å². The minimum atomic E-state index is -0.561. The van der Waals surface area contributed by atoms with Gasteiger partial charge in [-0.2, -0.15) is 0 Å². The average Bonchev–Trinajstić information content (AvgIpc) is 3.47. The van der Waals surface area contributed by atoms with Crippen LogP contribution in [0, 0.1) is 6.57 Å². The lowest BCUT2D eigenvalue weighted by Crippen LogP contribution is -2.41. The second kappa shape index (κ2) is 9.41. The van der Waals surface area contributed by atoms with E-state index in [1.165, 1.54) is 43.8 Å². The van der Waals surface area contributed by atoms with Gasteiger partial charge in [0.1, 0.15) is 0 Å². The molecule has 0 bridgehead atoms. The summed E-state index contributed by atoms with van der Waals surface area (Å²) >= 11 is 0. The smallest absolute Gasteiger partial charge is 0.399 e. The Hall–Kier alpha value is -4.69. The zero-order valence-corrected chi connectivity index (χ0v) is 25.4. The van der Waals surface area contributed by atoms with Crippen molar-refractivity contribution >= 4 is 39.8 Å². The quantitative estimate of drug-likeness (QED) is 0.120. The van der Waals surface area contributed by atoms with Crippen LogP contribution in [0.1, 0.15) is 49.9 Å². The summed E-state index contributed by atoms with van der Waals surface area (Å²) in [4.78, 5) is 3.61. The van der Waals surface area contributed by atoms with E-state index in [0.717, 1.165) is 16.6 Å². The molecule has 2 aliphatic rings. The molecule has 0 saturated carbocycles. The SMILES string of the molecule is [C-]#[N+]c1ccc(-c2cc3c4c(ccc5cc(B6OC(C)(C)C(C)(C)O6)cc(c54)C3(c3ccccc3)c3ccccc3)c2)cc1. The summed E-state index contributed by atoms with van der Waals surface area (Å²) in [7, 11) is -0.471. The van der Waals surface area contributed by atoms with E-state index in [-0.39, 0.29) is 0 Å². The Morgan fingerprint density at radius 3 is 1.64 bits per heavy atom. The Morgan fingerprint density at radius 1 is 0.568 bits per heavy atom. The lowest BCUT2D eigenvalue weighted by atomic mass is 9.65. The van der Waals surface area contributed by atoms with Crippen molar-refractivity contribution in [3.05, 3.63) is 155 Å². The Balaban J connectivity index is 1.48. The van der Waals surface area contributed by atoms with E-state index in [1.54, 1.807) is 0 Å². The Morgan fingerprint density at radius 2 is 1.09 bits per heavy atom. The second-order valence-corrected chi connectivity index (χ2v) is 13.1. The first kappa shape index (κ1) is 26.9. The van der Waals surface area contributed by atoms with E-state index in [1.807, 2.05) is 12.1 Å². The predicted octanol–water partition coefficient (Wildman–Crippen LogP) is 9.21. The maximum absolute atomic E-state index is 7.43. The summed E-state index contributed by atoms with van der Waals surface area (Å²) in [5.41, 5.74) is 7.43. The number of rotatable bonds is 4. The molecule has 212 valence electrons. The molecule has 1 aliphatic heterocycles. The number of hydrogen-bond acceptors (Lipinski definition) is 2. The van der Waals surface area contributed by atoms with E-state index >= 15 is 0 Å². The minimum absolute atomic E-state index is 0.437. The van der Waals surface area contributed by atoms with Gasteiger partial charge < -0.3 is 9.31 Å². The zero-order chi connectivity index (χ0) is 30.3. The van der Waals surface area contributed by atoms with Gasteiger partial charge in [-0.15, -0.1) is 0 Å². The largest absolute Gasteiger partial charge is 0.494 e. The third-order valence-electron chi connectivity index (χ3n) is 10.1. The van der Waals surface area contributed by atoms with Gasteiger partial charge in [-0.25, -0.2) is 4.85 Å². The third kappa shape index (κ3) is 3.70. The highest BCUT2D eigenvalue weighted by Crippen LogP contribution is 2.56. The summed E-state index contributed by atoms with van der Waals surface area (Å²) in [6, 6.07) is 43.5. The van der Waals surface area contributed by atoms with Crippen LogP contribution in [0.25, 0.3) is 37.5 Å². The lowest BCUT2D eigenvalue weighted by Gasteiger charge is -2.34. The molecule has 1 aliphatic carbocycles. The summed E-state index contributed by atoms with van der Waals surface area (Å²) in [5, 5.41) is 4.95. The van der Waals surface area contributed by atoms with Crippen LogP contribution in [0.5, 0.6) is 0 Å². The molecule has 0 aromatic heterocycles. The van der Waals surface area contributed by atoms with Gasteiger partial charge in [0.05, 0.1) is 23.2 Å². The van der Waals surface area contributed by atoms with Gasteiger partial charge in [0.25, 0.3) is 0 Å². The molecular weight excluding hydrogens is 537 g/mol. The van der Waals surface area contributed by atoms with Gasteiger partial charge in [0.2, 0.25) is 0 Å². The number of hydrogen-bond donors (Lipinski definition) is 0. The van der Waals surface area contributed by atoms with Crippen LogP contribution >= 0.6 is 0 Å². The molecule has 8 rings (SSSR count). The van der Waals surface area contributed by atoms with Crippen molar-refractivity contribution < 1.29 is 9.31 Å². The van der Waals surface area contributed by atoms with Gasteiger partial charge >= 0.3 is 7.12 Å². The first-order valence-corrected chi connectivity index (χ1v) is 15.2. The van der Waals surface area contributed by atoms with Gasteiger partial charge in [0.15, 0.2) is 5.69 Å². The van der Waals surface area contributed by atoms with Crippen molar-refractivity contribution in [2.24, 2.45) is 0 Å². The molecule has 6 aromatic rings. The van der Waals surface area contributed by atoms with Gasteiger partial charge in [0, 0.05) is 0 Å². The molecule has 0 atom stereocenters. The van der Waals surface area contributed by atoms with Crippen LogP contribution in [0.2, 0.25) is 0 Å². The predicted molar refractivity (Wildman–Crippen MR) is 181 cm³/mol. The highest BCUT2D eigenvalue weighted by atomic mass is 16.7. The topological polar surface area (TPSA) is 22.8 Å². The van der Waals surface area contributed by atoms with Crippen LogP contribution in [0.4, 0.5) is 5.69 Å². The van der Waals surface area contributed by atoms with Crippen molar-refractivity contribution in [2.75, 3.05) is 0 Å². The molecule has 0 unspecified atom stereocenters. The molecular formula is C40H32BNO2. The van der Waals surface area contributed by atoms with E-state index < -0.39 is 23.7 Å². The maximum atomic E-state index is 7.43. The normalized spacial score (nSPS) is 17.4. The third-order valence-corrected chi connectivity index (χ3v) is 10.1. The van der Waals surface area contributed by atoms with E-state index in [0.29, 0.717) is 5.69 Å². The fraction of sp³-hybridized carbons (Fsp3) is 0.175. The molecule has 1 heterocycles. The van der Waals surface area contributed by atoms with Crippen molar-refractivity contribution in [1.29, 1.82) is 0 Å². The van der Waals surface area contributed by atoms with Crippen molar-refractivity contribution in [3.8, 4) is 11.1 Å². The van der Waals surface area contributed by atoms with Crippen molar-refractivity contribution in [1.82, 2.24) is 0 Å². The number of nitrogens with zero attached hydrogens (tertiary/aromatic N) is 1. The number of benzene rings is 6. The monoisotopic (exact) mass is 569 g/mol. The molecule has 4 heteroatoms. The molecule has 3 nitrogen and oxygen atoms in total. The minimum Gasteiger partial charge on any atom is -0.399 e. The fourth-order valence-electron chi connectivity index (χ4n) is 7.26. The van der Waals surface area contributed by atoms with E-state index in [9.17, 15) is 0 Å². The summed E-state index contributed by atoms with van der Waals surface area (Å²) in [5.74, 6) is 0. The van der Waals surface area contributed by atoms with Crippen LogP contribution < -0.4 is 5.46 Å². The lowest BCUT2D eigenvalue weighted by molar-refractivity contribution is 0.00578. The maximum Gasteiger partial charge on any atom is 0.494 e. The Bertz CT molecular complexity index is 2070. The molecule has 1 saturated heterocycles. The first-order valence-electron chi connectivity index (χ1n) is 15.2. The molecule has 6 aromatic carbocycles. The van der Waals surface area contributed by atoms with E-state index in [4.69, 9.17) is 15.9 Å². The zero-order valence-electron chi connectivity index (χ0n) is 25.4. The first-order chi connectivity index (χ1) is 21.2. The standard InChI is InChI=1S/C40H32BNO2/c1-38(2)39(3,4)44-41(43-38)32-23-28-17-16-27-22-29(26-18-20-33(42-5)21-19-26)24-34-36(27)37(28)35(25-32)40(34,30-12-8-6-9-13-30)31-14-10-7-11-15-31/h6-25H,1-4H3. The highest BCUT2D eigenvalue weighted by molar-refractivity contribution is 6.62. The van der Waals surface area contributed by atoms with Gasteiger partial charge in [-0.05, 0) is 100 Å². The average molecular weight is 570 g/mol. The van der Waals surface area contributed by atoms with Crippen LogP contribution in [-0.2, 0) is 14.7 Å². The second-order valence-electron chi connectivity index (χ2n) is 13.1. The van der Waals surface area contributed by atoms with Gasteiger partial charge in [-0.1, -0.05) is 109 Å². The fourth-order valence-corrected chi connectivity index (χ4v) is 7.26. The van der Waals surface area contributed by atoms with Gasteiger partial charge in [-0.3, -0.25) is 0 Å². The summed E-state index contributed by atoms with van der Waals surface area (Å²) < 4.78 is 13.2. The molecule has 0 amide bonds. The van der Waals surface area contributed by atoms with Crippen molar-refractivity contribution in [2.45, 2.75) is 44.3 Å². The summed E-state index contributed by atoms with van der Waals surface area (Å²) in [6.07, 6.45) is 0. The molecule has 0 radical (unpaired) electrons. The Kier molecular flexibility index (Phi) is 5.75. The molecule has 44 heavy (non-hydrogen) atoms.